The third-order valence-electron chi connectivity index (χ3n) is 3.34. The SMILES string of the molecule is NC(=O)C(Cl)(Cl)Cl.O=C(O)c1ccccc1.O=C(O)c1ccccc1.O=C(O)c1ccccc1. The van der Waals surface area contributed by atoms with Crippen molar-refractivity contribution in [2.45, 2.75) is 3.79 Å². The summed E-state index contributed by atoms with van der Waals surface area (Å²) in [4.78, 5) is 40.4. The maximum Gasteiger partial charge on any atom is 0.335 e. The van der Waals surface area contributed by atoms with Gasteiger partial charge in [-0.15, -0.1) is 0 Å². The molecule has 0 fully saturated rings. The maximum atomic E-state index is 10.2. The fourth-order valence-corrected chi connectivity index (χ4v) is 1.74. The van der Waals surface area contributed by atoms with Gasteiger partial charge in [-0.05, 0) is 36.4 Å². The fraction of sp³-hybridized carbons (Fsp3) is 0.0435. The molecule has 0 radical (unpaired) electrons. The van der Waals surface area contributed by atoms with E-state index in [2.05, 4.69) is 5.73 Å². The minimum atomic E-state index is -1.94. The Morgan fingerprint density at radius 3 is 0.794 bits per heavy atom. The first-order valence-electron chi connectivity index (χ1n) is 9.07. The van der Waals surface area contributed by atoms with Gasteiger partial charge in [0.05, 0.1) is 16.7 Å². The number of halogens is 3. The summed E-state index contributed by atoms with van der Waals surface area (Å²) < 4.78 is -1.94. The molecule has 0 bridgehead atoms. The molecular formula is C23H20Cl3NO7. The number of amides is 1. The molecule has 3 aromatic carbocycles. The Kier molecular flexibility index (Phi) is 14.4. The molecule has 0 aliphatic heterocycles. The summed E-state index contributed by atoms with van der Waals surface area (Å²) in [7, 11) is 0. The van der Waals surface area contributed by atoms with Gasteiger partial charge in [0.25, 0.3) is 9.70 Å². The number of alkyl halides is 3. The number of aromatic carboxylic acids is 3. The molecule has 5 N–H and O–H groups in total. The van der Waals surface area contributed by atoms with Crippen molar-refractivity contribution in [3.8, 4) is 0 Å². The molecule has 0 spiro atoms. The van der Waals surface area contributed by atoms with Gasteiger partial charge in [-0.1, -0.05) is 89.4 Å². The number of nitrogens with two attached hydrogens (primary N) is 1. The van der Waals surface area contributed by atoms with Gasteiger partial charge in [0.1, 0.15) is 0 Å². The number of carbonyl (C=O) groups is 4. The highest BCUT2D eigenvalue weighted by Crippen LogP contribution is 2.24. The molecule has 1 amide bonds. The monoisotopic (exact) mass is 527 g/mol. The van der Waals surface area contributed by atoms with Crippen LogP contribution in [0.4, 0.5) is 0 Å². The van der Waals surface area contributed by atoms with Crippen LogP contribution in [0.25, 0.3) is 0 Å². The summed E-state index contributed by atoms with van der Waals surface area (Å²) in [6, 6.07) is 24.9. The largest absolute Gasteiger partial charge is 0.478 e. The average Bonchev–Trinajstić information content (AvgIpc) is 2.81. The molecule has 180 valence electrons. The van der Waals surface area contributed by atoms with Crippen LogP contribution in [0.2, 0.25) is 0 Å². The normalized spacial score (nSPS) is 9.38. The van der Waals surface area contributed by atoms with Crippen LogP contribution >= 0.6 is 34.8 Å². The summed E-state index contributed by atoms with van der Waals surface area (Å²) in [6.45, 7) is 0. The van der Waals surface area contributed by atoms with Crippen molar-refractivity contribution in [1.29, 1.82) is 0 Å². The quantitative estimate of drug-likeness (QED) is 0.349. The van der Waals surface area contributed by atoms with Crippen LogP contribution < -0.4 is 5.73 Å². The first-order chi connectivity index (χ1) is 15.9. The van der Waals surface area contributed by atoms with E-state index < -0.39 is 27.6 Å². The average molecular weight is 529 g/mol. The summed E-state index contributed by atoms with van der Waals surface area (Å²) in [5.41, 5.74) is 5.53. The number of carboxylic acids is 3. The lowest BCUT2D eigenvalue weighted by Gasteiger charge is -2.01. The van der Waals surface area contributed by atoms with Crippen molar-refractivity contribution in [2.24, 2.45) is 5.73 Å². The topological polar surface area (TPSA) is 155 Å². The van der Waals surface area contributed by atoms with Gasteiger partial charge in [0, 0.05) is 0 Å². The molecule has 3 rings (SSSR count). The number of carbonyl (C=O) groups excluding carboxylic acids is 1. The molecule has 0 saturated carbocycles. The molecular weight excluding hydrogens is 509 g/mol. The number of hydrogen-bond acceptors (Lipinski definition) is 4. The van der Waals surface area contributed by atoms with Crippen LogP contribution in [-0.2, 0) is 4.79 Å². The van der Waals surface area contributed by atoms with Gasteiger partial charge in [-0.25, -0.2) is 14.4 Å². The second-order valence-electron chi connectivity index (χ2n) is 5.88. The van der Waals surface area contributed by atoms with Crippen molar-refractivity contribution < 1.29 is 34.5 Å². The van der Waals surface area contributed by atoms with Gasteiger partial charge in [0.2, 0.25) is 0 Å². The molecule has 34 heavy (non-hydrogen) atoms. The molecule has 0 heterocycles. The predicted octanol–water partition coefficient (Wildman–Crippen LogP) is 5.00. The van der Waals surface area contributed by atoms with E-state index in [1.165, 1.54) is 0 Å². The highest BCUT2D eigenvalue weighted by Gasteiger charge is 2.26. The van der Waals surface area contributed by atoms with Crippen molar-refractivity contribution >= 4 is 58.6 Å². The predicted molar refractivity (Wildman–Crippen MR) is 130 cm³/mol. The van der Waals surface area contributed by atoms with Gasteiger partial charge in [0.15, 0.2) is 0 Å². The zero-order chi connectivity index (χ0) is 26.1. The molecule has 0 aromatic heterocycles. The Bertz CT molecular complexity index is 925. The molecule has 0 saturated heterocycles. The maximum absolute atomic E-state index is 10.2. The Balaban J connectivity index is 0.000000430. The van der Waals surface area contributed by atoms with Crippen molar-refractivity contribution in [3.05, 3.63) is 108 Å². The molecule has 0 unspecified atom stereocenters. The zero-order valence-corrected chi connectivity index (χ0v) is 19.6. The highest BCUT2D eigenvalue weighted by atomic mass is 35.6. The van der Waals surface area contributed by atoms with Gasteiger partial charge in [-0.2, -0.15) is 0 Å². The molecule has 0 aliphatic rings. The third kappa shape index (κ3) is 14.5. The highest BCUT2D eigenvalue weighted by molar-refractivity contribution is 6.76. The number of carboxylic acid groups (broad SMARTS) is 3. The summed E-state index contributed by atoms with van der Waals surface area (Å²) in [6.07, 6.45) is 0. The zero-order valence-electron chi connectivity index (χ0n) is 17.3. The van der Waals surface area contributed by atoms with E-state index in [9.17, 15) is 19.2 Å². The first-order valence-corrected chi connectivity index (χ1v) is 10.2. The van der Waals surface area contributed by atoms with E-state index >= 15 is 0 Å². The van der Waals surface area contributed by atoms with Gasteiger partial charge in [-0.3, -0.25) is 4.79 Å². The van der Waals surface area contributed by atoms with Crippen LogP contribution in [0.15, 0.2) is 91.0 Å². The number of hydrogen-bond donors (Lipinski definition) is 4. The molecule has 11 heteroatoms. The van der Waals surface area contributed by atoms with Crippen LogP contribution in [0.1, 0.15) is 31.1 Å². The van der Waals surface area contributed by atoms with Gasteiger partial charge < -0.3 is 21.1 Å². The van der Waals surface area contributed by atoms with E-state index in [0.29, 0.717) is 16.7 Å². The Morgan fingerprint density at radius 2 is 0.706 bits per heavy atom. The molecule has 0 aliphatic carbocycles. The van der Waals surface area contributed by atoms with Crippen LogP contribution in [-0.4, -0.2) is 42.9 Å². The van der Waals surface area contributed by atoms with Gasteiger partial charge >= 0.3 is 17.9 Å². The van der Waals surface area contributed by atoms with Crippen LogP contribution in [0.5, 0.6) is 0 Å². The molecule has 8 nitrogen and oxygen atoms in total. The Morgan fingerprint density at radius 1 is 0.529 bits per heavy atom. The van der Waals surface area contributed by atoms with E-state index in [1.54, 1.807) is 91.0 Å². The Labute approximate surface area is 210 Å². The standard InChI is InChI=1S/3C7H6O2.C2H2Cl3NO/c3*8-7(9)6-4-2-1-3-5-6;3-2(4,5)1(6)7/h3*1-5H,(H,8,9);(H2,6,7). The number of benzene rings is 3. The van der Waals surface area contributed by atoms with Crippen molar-refractivity contribution in [3.63, 3.8) is 0 Å². The summed E-state index contributed by atoms with van der Waals surface area (Å²) in [5, 5.41) is 25.2. The Hall–Kier alpha value is -3.59. The minimum absolute atomic E-state index is 0.331. The summed E-state index contributed by atoms with van der Waals surface area (Å²) in [5.74, 6) is -3.60. The third-order valence-corrected chi connectivity index (χ3v) is 3.90. The molecule has 0 atom stereocenters. The van der Waals surface area contributed by atoms with Crippen LogP contribution in [0, 0.1) is 0 Å². The number of rotatable bonds is 3. The molecule has 3 aromatic rings. The lowest BCUT2D eigenvalue weighted by molar-refractivity contribution is -0.117. The lowest BCUT2D eigenvalue weighted by Crippen LogP contribution is -2.27. The van der Waals surface area contributed by atoms with Crippen molar-refractivity contribution in [2.75, 3.05) is 0 Å². The summed E-state index contributed by atoms with van der Waals surface area (Å²) >= 11 is 14.8. The van der Waals surface area contributed by atoms with E-state index in [0.717, 1.165) is 0 Å². The lowest BCUT2D eigenvalue weighted by atomic mass is 10.2. The van der Waals surface area contributed by atoms with E-state index in [1.807, 2.05) is 0 Å². The second kappa shape index (κ2) is 16.1. The number of primary amides is 1. The van der Waals surface area contributed by atoms with Crippen molar-refractivity contribution in [1.82, 2.24) is 0 Å². The van der Waals surface area contributed by atoms with E-state index in [-0.39, 0.29) is 0 Å². The van der Waals surface area contributed by atoms with E-state index in [4.69, 9.17) is 50.1 Å². The fourth-order valence-electron chi connectivity index (χ4n) is 1.74. The smallest absolute Gasteiger partial charge is 0.335 e. The second-order valence-corrected chi connectivity index (χ2v) is 8.16. The van der Waals surface area contributed by atoms with Crippen LogP contribution in [0.3, 0.4) is 0 Å². The minimum Gasteiger partial charge on any atom is -0.478 e. The first kappa shape index (κ1) is 30.4.